The molecule has 9 heteroatoms. The Balaban J connectivity index is 1.94. The number of rotatable bonds is 36. The van der Waals surface area contributed by atoms with Crippen molar-refractivity contribution in [2.24, 2.45) is 0 Å². The topological polar surface area (TPSA) is 149 Å². The number of carbonyl (C=O) groups is 1. The van der Waals surface area contributed by atoms with E-state index in [0.717, 1.165) is 19.3 Å². The molecule has 1 fully saturated rings. The smallest absolute Gasteiger partial charge is 0.220 e. The molecule has 0 aromatic rings. The summed E-state index contributed by atoms with van der Waals surface area (Å²) in [5.41, 5.74) is 0. The van der Waals surface area contributed by atoms with Crippen molar-refractivity contribution in [1.82, 2.24) is 5.32 Å². The summed E-state index contributed by atoms with van der Waals surface area (Å²) in [4.78, 5) is 12.1. The van der Waals surface area contributed by atoms with Crippen molar-refractivity contribution in [3.8, 4) is 0 Å². The molecule has 7 unspecified atom stereocenters. The van der Waals surface area contributed by atoms with Gasteiger partial charge in [0.2, 0.25) is 5.91 Å². The van der Waals surface area contributed by atoms with Crippen LogP contribution in [0.1, 0.15) is 206 Å². The van der Waals surface area contributed by atoms with Gasteiger partial charge in [0.05, 0.1) is 25.4 Å². The fraction of sp³-hybridized carbons (Fsp3) is 0.976. The van der Waals surface area contributed by atoms with Crippen molar-refractivity contribution in [3.63, 3.8) is 0 Å². The third-order valence-corrected chi connectivity index (χ3v) is 10.8. The minimum absolute atomic E-state index is 0.144. The minimum atomic E-state index is -1.54. The lowest BCUT2D eigenvalue weighted by Crippen LogP contribution is -2.60. The molecule has 1 rings (SSSR count). The van der Waals surface area contributed by atoms with E-state index in [0.29, 0.717) is 6.42 Å². The van der Waals surface area contributed by atoms with Crippen molar-refractivity contribution in [3.05, 3.63) is 0 Å². The van der Waals surface area contributed by atoms with Crippen LogP contribution in [0, 0.1) is 0 Å². The predicted octanol–water partition coefficient (Wildman–Crippen LogP) is 8.39. The number of carbonyl (C=O) groups excluding carboxylic acids is 1. The van der Waals surface area contributed by atoms with Gasteiger partial charge >= 0.3 is 0 Å². The van der Waals surface area contributed by atoms with Crippen molar-refractivity contribution in [2.75, 3.05) is 13.2 Å². The van der Waals surface area contributed by atoms with Crippen LogP contribution in [0.15, 0.2) is 0 Å². The molecule has 0 bridgehead atoms. The highest BCUT2D eigenvalue weighted by atomic mass is 16.7. The van der Waals surface area contributed by atoms with Gasteiger partial charge in [-0.2, -0.15) is 0 Å². The number of aliphatic hydroxyl groups is 5. The molecule has 0 aromatic heterocycles. The predicted molar refractivity (Wildman–Crippen MR) is 208 cm³/mol. The first-order chi connectivity index (χ1) is 24.8. The zero-order valence-corrected chi connectivity index (χ0v) is 33.1. The summed E-state index contributed by atoms with van der Waals surface area (Å²) in [5.74, 6) is -0.230. The average molecular weight is 730 g/mol. The maximum absolute atomic E-state index is 12.1. The highest BCUT2D eigenvalue weighted by Gasteiger charge is 2.44. The number of unbranched alkanes of at least 4 members (excludes halogenated alkanes) is 27. The van der Waals surface area contributed by atoms with E-state index in [4.69, 9.17) is 9.47 Å². The third kappa shape index (κ3) is 25.0. The molecule has 1 saturated heterocycles. The molecule has 1 amide bonds. The minimum Gasteiger partial charge on any atom is -0.394 e. The number of ether oxygens (including phenoxy) is 2. The number of hydrogen-bond acceptors (Lipinski definition) is 8. The van der Waals surface area contributed by atoms with E-state index in [1.54, 1.807) is 6.92 Å². The summed E-state index contributed by atoms with van der Waals surface area (Å²) in [6.45, 7) is 3.32. The van der Waals surface area contributed by atoms with E-state index < -0.39 is 49.5 Å². The Morgan fingerprint density at radius 2 is 0.961 bits per heavy atom. The van der Waals surface area contributed by atoms with E-state index in [2.05, 4.69) is 12.2 Å². The molecule has 6 N–H and O–H groups in total. The Morgan fingerprint density at radius 3 is 1.31 bits per heavy atom. The van der Waals surface area contributed by atoms with Crippen LogP contribution < -0.4 is 5.32 Å². The summed E-state index contributed by atoms with van der Waals surface area (Å²) in [5, 5.41) is 53.2. The van der Waals surface area contributed by atoms with Crippen LogP contribution >= 0.6 is 0 Å². The summed E-state index contributed by atoms with van der Waals surface area (Å²) >= 11 is 0. The molecule has 0 spiro atoms. The number of aliphatic hydroxyl groups excluding tert-OH is 5. The van der Waals surface area contributed by atoms with Gasteiger partial charge in [-0.1, -0.05) is 194 Å². The Morgan fingerprint density at radius 1 is 0.588 bits per heavy atom. The second kappa shape index (κ2) is 33.7. The van der Waals surface area contributed by atoms with Crippen LogP contribution in [0.4, 0.5) is 0 Å². The van der Waals surface area contributed by atoms with Crippen molar-refractivity contribution in [2.45, 2.75) is 249 Å². The van der Waals surface area contributed by atoms with Gasteiger partial charge in [0, 0.05) is 6.42 Å². The maximum Gasteiger partial charge on any atom is 0.220 e. The van der Waals surface area contributed by atoms with Gasteiger partial charge in [-0.25, -0.2) is 0 Å². The van der Waals surface area contributed by atoms with Crippen LogP contribution in [-0.4, -0.2) is 87.5 Å². The first-order valence-electron chi connectivity index (χ1n) is 21.7. The van der Waals surface area contributed by atoms with Crippen molar-refractivity contribution >= 4 is 5.91 Å². The van der Waals surface area contributed by atoms with Gasteiger partial charge in [0.25, 0.3) is 0 Å². The maximum atomic E-state index is 12.1. The summed E-state index contributed by atoms with van der Waals surface area (Å²) in [7, 11) is 0. The van der Waals surface area contributed by atoms with Crippen LogP contribution in [0.3, 0.4) is 0 Å². The van der Waals surface area contributed by atoms with E-state index >= 15 is 0 Å². The quantitative estimate of drug-likeness (QED) is 0.0353. The van der Waals surface area contributed by atoms with Crippen LogP contribution in [0.2, 0.25) is 0 Å². The summed E-state index contributed by atoms with van der Waals surface area (Å²) in [6.07, 6.45) is 30.9. The number of amides is 1. The molecule has 1 heterocycles. The van der Waals surface area contributed by atoms with Gasteiger partial charge in [-0.3, -0.25) is 4.79 Å². The molecule has 304 valence electrons. The highest BCUT2D eigenvalue weighted by molar-refractivity contribution is 5.75. The van der Waals surface area contributed by atoms with Crippen LogP contribution in [-0.2, 0) is 14.3 Å². The number of nitrogens with one attached hydrogen (secondary N) is 1. The summed E-state index contributed by atoms with van der Waals surface area (Å²) < 4.78 is 11.0. The molecule has 0 aliphatic carbocycles. The average Bonchev–Trinajstić information content (AvgIpc) is 3.13. The zero-order chi connectivity index (χ0) is 37.4. The first-order valence-corrected chi connectivity index (χ1v) is 21.7. The SMILES string of the molecule is CCCCCCCCCCCCCCCCCCCCCCCCCCCCCCC(O)C(COC1OC(CO)C(O)C(O)C1O)NC(=O)CC. The van der Waals surface area contributed by atoms with Crippen molar-refractivity contribution < 1.29 is 39.8 Å². The normalized spacial score (nSPS) is 21.9. The number of hydrogen-bond donors (Lipinski definition) is 6. The van der Waals surface area contributed by atoms with Crippen LogP contribution in [0.25, 0.3) is 0 Å². The Kier molecular flexibility index (Phi) is 31.9. The van der Waals surface area contributed by atoms with Gasteiger partial charge in [0.1, 0.15) is 24.4 Å². The first kappa shape index (κ1) is 48.2. The fourth-order valence-corrected chi connectivity index (χ4v) is 7.19. The second-order valence-electron chi connectivity index (χ2n) is 15.5. The van der Waals surface area contributed by atoms with Crippen LogP contribution in [0.5, 0.6) is 0 Å². The molecule has 0 aromatic carbocycles. The zero-order valence-electron chi connectivity index (χ0n) is 33.1. The van der Waals surface area contributed by atoms with Crippen molar-refractivity contribution in [1.29, 1.82) is 0 Å². The lowest BCUT2D eigenvalue weighted by molar-refractivity contribution is -0.302. The molecule has 1 aliphatic heterocycles. The lowest BCUT2D eigenvalue weighted by atomic mass is 9.99. The fourth-order valence-electron chi connectivity index (χ4n) is 7.19. The molecule has 7 atom stereocenters. The third-order valence-electron chi connectivity index (χ3n) is 10.8. The molecule has 9 nitrogen and oxygen atoms in total. The van der Waals surface area contributed by atoms with E-state index in [1.807, 2.05) is 0 Å². The van der Waals surface area contributed by atoms with E-state index in [9.17, 15) is 30.3 Å². The molecule has 1 aliphatic rings. The molecule has 0 saturated carbocycles. The highest BCUT2D eigenvalue weighted by Crippen LogP contribution is 2.23. The van der Waals surface area contributed by atoms with Gasteiger partial charge in [0.15, 0.2) is 6.29 Å². The Labute approximate surface area is 313 Å². The largest absolute Gasteiger partial charge is 0.394 e. The molecular formula is C42H83NO8. The van der Waals surface area contributed by atoms with Gasteiger partial charge < -0.3 is 40.3 Å². The second-order valence-corrected chi connectivity index (χ2v) is 15.5. The Bertz CT molecular complexity index is 771. The summed E-state index contributed by atoms with van der Waals surface area (Å²) in [6, 6.07) is -0.709. The van der Waals surface area contributed by atoms with E-state index in [-0.39, 0.29) is 18.9 Å². The molecule has 0 radical (unpaired) electrons. The lowest BCUT2D eigenvalue weighted by Gasteiger charge is -2.40. The van der Waals surface area contributed by atoms with E-state index in [1.165, 1.54) is 161 Å². The Hall–Kier alpha value is -0.810. The standard InChI is InChI=1S/C42H83NO8/c1-3-5-6-7-8-9-10-11-12-13-14-15-16-17-18-19-20-21-22-23-24-25-26-27-28-29-30-31-32-36(45)35(43-38(46)4-2)34-50-42-41(49)40(48)39(47)37(33-44)51-42/h35-37,39-42,44-45,47-49H,3-34H2,1-2H3,(H,43,46). The molecular weight excluding hydrogens is 646 g/mol. The van der Waals surface area contributed by atoms with Gasteiger partial charge in [-0.05, 0) is 6.42 Å². The molecule has 51 heavy (non-hydrogen) atoms. The monoisotopic (exact) mass is 730 g/mol. The van der Waals surface area contributed by atoms with Gasteiger partial charge in [-0.15, -0.1) is 0 Å².